The van der Waals surface area contributed by atoms with Crippen molar-refractivity contribution in [2.45, 2.75) is 58.5 Å². The molecule has 0 radical (unpaired) electrons. The van der Waals surface area contributed by atoms with Gasteiger partial charge in [-0.1, -0.05) is 13.8 Å². The van der Waals surface area contributed by atoms with Gasteiger partial charge in [0.1, 0.15) is 0 Å². The Hall–Kier alpha value is -0.850. The van der Waals surface area contributed by atoms with Gasteiger partial charge in [0, 0.05) is 24.7 Å². The van der Waals surface area contributed by atoms with E-state index in [1.165, 1.54) is 0 Å². The summed E-state index contributed by atoms with van der Waals surface area (Å²) >= 11 is 0. The average Bonchev–Trinajstić information content (AvgIpc) is 2.45. The molecule has 6 nitrogen and oxygen atoms in total. The summed E-state index contributed by atoms with van der Waals surface area (Å²) in [6.45, 7) is 11.1. The van der Waals surface area contributed by atoms with E-state index in [2.05, 4.69) is 17.1 Å². The van der Waals surface area contributed by atoms with Crippen LogP contribution in [-0.2, 0) is 9.59 Å². The molecule has 0 aliphatic carbocycles. The SMILES string of the molecule is CCN(CC(=O)O)C1CCN(CC(=O)NC(C)(C)CC)CC1.Cl. The Morgan fingerprint density at radius 3 is 2.26 bits per heavy atom. The lowest BCUT2D eigenvalue weighted by Crippen LogP contribution is -2.51. The van der Waals surface area contributed by atoms with Crippen LogP contribution in [0.5, 0.6) is 0 Å². The molecule has 2 N–H and O–H groups in total. The van der Waals surface area contributed by atoms with Crippen LogP contribution >= 0.6 is 12.4 Å². The van der Waals surface area contributed by atoms with Crippen LogP contribution < -0.4 is 5.32 Å². The number of nitrogens with one attached hydrogen (secondary N) is 1. The molecule has 0 unspecified atom stereocenters. The smallest absolute Gasteiger partial charge is 0.317 e. The molecule has 23 heavy (non-hydrogen) atoms. The Bertz CT molecular complexity index is 383. The number of hydrogen-bond acceptors (Lipinski definition) is 4. The third-order valence-electron chi connectivity index (χ3n) is 4.55. The van der Waals surface area contributed by atoms with Gasteiger partial charge in [-0.05, 0) is 39.7 Å². The first-order valence-electron chi connectivity index (χ1n) is 8.26. The van der Waals surface area contributed by atoms with E-state index in [9.17, 15) is 9.59 Å². The summed E-state index contributed by atoms with van der Waals surface area (Å²) in [6, 6.07) is 0.312. The molecule has 1 aliphatic rings. The van der Waals surface area contributed by atoms with E-state index in [1.54, 1.807) is 0 Å². The van der Waals surface area contributed by atoms with Gasteiger partial charge in [0.2, 0.25) is 5.91 Å². The standard InChI is InChI=1S/C16H31N3O3.ClH/c1-5-16(3,4)17-14(20)11-18-9-7-13(8-10-18)19(6-2)12-15(21)22;/h13H,5-12H2,1-4H3,(H,17,20)(H,21,22);1H. The zero-order valence-corrected chi connectivity index (χ0v) is 15.6. The minimum Gasteiger partial charge on any atom is -0.480 e. The van der Waals surface area contributed by atoms with Crippen molar-refractivity contribution in [2.24, 2.45) is 0 Å². The molecule has 1 fully saturated rings. The summed E-state index contributed by atoms with van der Waals surface area (Å²) in [5.41, 5.74) is -0.157. The van der Waals surface area contributed by atoms with E-state index in [0.29, 0.717) is 12.6 Å². The highest BCUT2D eigenvalue weighted by atomic mass is 35.5. The molecule has 7 heteroatoms. The lowest BCUT2D eigenvalue weighted by atomic mass is 10.0. The Morgan fingerprint density at radius 1 is 1.26 bits per heavy atom. The highest BCUT2D eigenvalue weighted by Gasteiger charge is 2.26. The Morgan fingerprint density at radius 2 is 1.83 bits per heavy atom. The summed E-state index contributed by atoms with van der Waals surface area (Å²) in [7, 11) is 0. The molecule has 136 valence electrons. The topological polar surface area (TPSA) is 72.9 Å². The third kappa shape index (κ3) is 7.99. The van der Waals surface area contributed by atoms with E-state index < -0.39 is 5.97 Å². The molecular weight excluding hydrogens is 318 g/mol. The average molecular weight is 350 g/mol. The predicted octanol–water partition coefficient (Wildman–Crippen LogP) is 1.58. The molecular formula is C16H32ClN3O3. The van der Waals surface area contributed by atoms with E-state index in [4.69, 9.17) is 5.11 Å². The number of carbonyl (C=O) groups is 2. The van der Waals surface area contributed by atoms with Crippen molar-refractivity contribution < 1.29 is 14.7 Å². The predicted molar refractivity (Wildman–Crippen MR) is 94.1 cm³/mol. The van der Waals surface area contributed by atoms with Gasteiger partial charge in [0.25, 0.3) is 0 Å². The number of halogens is 1. The van der Waals surface area contributed by atoms with Crippen molar-refractivity contribution in [3.8, 4) is 0 Å². The molecule has 0 atom stereocenters. The minimum atomic E-state index is -0.773. The maximum Gasteiger partial charge on any atom is 0.317 e. The summed E-state index contributed by atoms with van der Waals surface area (Å²) in [6.07, 6.45) is 2.75. The minimum absolute atomic E-state index is 0. The maximum atomic E-state index is 12.1. The van der Waals surface area contributed by atoms with Crippen LogP contribution in [0.4, 0.5) is 0 Å². The van der Waals surface area contributed by atoms with Crippen molar-refractivity contribution in [2.75, 3.05) is 32.7 Å². The number of carboxylic acid groups (broad SMARTS) is 1. The Kier molecular flexibility index (Phi) is 9.73. The molecule has 1 rings (SSSR count). The summed E-state index contributed by atoms with van der Waals surface area (Å²) in [5, 5.41) is 12.0. The van der Waals surface area contributed by atoms with Gasteiger partial charge in [0.15, 0.2) is 0 Å². The molecule has 1 saturated heterocycles. The van der Waals surface area contributed by atoms with Crippen molar-refractivity contribution in [3.63, 3.8) is 0 Å². The second-order valence-corrected chi connectivity index (χ2v) is 6.75. The Balaban J connectivity index is 0.00000484. The number of carbonyl (C=O) groups excluding carboxylic acids is 1. The van der Waals surface area contributed by atoms with Crippen molar-refractivity contribution in [1.29, 1.82) is 0 Å². The van der Waals surface area contributed by atoms with Gasteiger partial charge < -0.3 is 10.4 Å². The first kappa shape index (κ1) is 22.1. The fourth-order valence-electron chi connectivity index (χ4n) is 2.82. The molecule has 0 aromatic carbocycles. The first-order valence-corrected chi connectivity index (χ1v) is 8.26. The number of likely N-dealkylation sites (N-methyl/N-ethyl adjacent to an activating group) is 1. The number of piperidine rings is 1. The van der Waals surface area contributed by atoms with Crippen LogP contribution in [0.3, 0.4) is 0 Å². The number of amides is 1. The van der Waals surface area contributed by atoms with Crippen LogP contribution in [0.15, 0.2) is 0 Å². The van der Waals surface area contributed by atoms with Crippen LogP contribution in [-0.4, -0.2) is 71.1 Å². The van der Waals surface area contributed by atoms with Crippen LogP contribution in [0.2, 0.25) is 0 Å². The second-order valence-electron chi connectivity index (χ2n) is 6.75. The number of rotatable bonds is 8. The van der Waals surface area contributed by atoms with E-state index in [-0.39, 0.29) is 30.4 Å². The molecule has 0 aromatic heterocycles. The molecule has 0 bridgehead atoms. The fourth-order valence-corrected chi connectivity index (χ4v) is 2.82. The summed E-state index contributed by atoms with van der Waals surface area (Å²) < 4.78 is 0. The van der Waals surface area contributed by atoms with Gasteiger partial charge in [-0.3, -0.25) is 19.4 Å². The quantitative estimate of drug-likeness (QED) is 0.696. The largest absolute Gasteiger partial charge is 0.480 e. The second kappa shape index (κ2) is 10.1. The third-order valence-corrected chi connectivity index (χ3v) is 4.55. The van der Waals surface area contributed by atoms with E-state index in [0.717, 1.165) is 38.9 Å². The summed E-state index contributed by atoms with van der Waals surface area (Å²) in [5.74, 6) is -0.700. The number of hydrogen-bond donors (Lipinski definition) is 2. The zero-order chi connectivity index (χ0) is 16.8. The monoisotopic (exact) mass is 349 g/mol. The van der Waals surface area contributed by atoms with Gasteiger partial charge >= 0.3 is 5.97 Å². The highest BCUT2D eigenvalue weighted by Crippen LogP contribution is 2.16. The van der Waals surface area contributed by atoms with E-state index in [1.807, 2.05) is 25.7 Å². The van der Waals surface area contributed by atoms with Crippen LogP contribution in [0.1, 0.15) is 47.0 Å². The lowest BCUT2D eigenvalue weighted by molar-refractivity contribution is -0.139. The normalized spacial score (nSPS) is 16.9. The highest BCUT2D eigenvalue weighted by molar-refractivity contribution is 5.85. The number of aliphatic carboxylic acids is 1. The van der Waals surface area contributed by atoms with Gasteiger partial charge in [-0.2, -0.15) is 0 Å². The molecule has 0 spiro atoms. The number of nitrogens with zero attached hydrogens (tertiary/aromatic N) is 2. The van der Waals surface area contributed by atoms with Crippen molar-refractivity contribution in [3.05, 3.63) is 0 Å². The molecule has 1 amide bonds. The molecule has 1 heterocycles. The number of carboxylic acids is 1. The van der Waals surface area contributed by atoms with Crippen molar-refractivity contribution >= 4 is 24.3 Å². The number of likely N-dealkylation sites (tertiary alicyclic amines) is 1. The Labute approximate surface area is 146 Å². The molecule has 0 saturated carbocycles. The molecule has 0 aromatic rings. The van der Waals surface area contributed by atoms with Gasteiger partial charge in [-0.15, -0.1) is 12.4 Å². The fraction of sp³-hybridized carbons (Fsp3) is 0.875. The summed E-state index contributed by atoms with van der Waals surface area (Å²) in [4.78, 5) is 27.1. The lowest BCUT2D eigenvalue weighted by Gasteiger charge is -2.37. The van der Waals surface area contributed by atoms with E-state index >= 15 is 0 Å². The van der Waals surface area contributed by atoms with Crippen LogP contribution in [0.25, 0.3) is 0 Å². The van der Waals surface area contributed by atoms with Gasteiger partial charge in [-0.25, -0.2) is 0 Å². The van der Waals surface area contributed by atoms with Crippen LogP contribution in [0, 0.1) is 0 Å². The first-order chi connectivity index (χ1) is 10.3. The van der Waals surface area contributed by atoms with Crippen molar-refractivity contribution in [1.82, 2.24) is 15.1 Å². The zero-order valence-electron chi connectivity index (χ0n) is 14.8. The van der Waals surface area contributed by atoms with Gasteiger partial charge in [0.05, 0.1) is 13.1 Å². The maximum absolute atomic E-state index is 12.1. The molecule has 1 aliphatic heterocycles.